The molecule has 6 nitrogen and oxygen atoms in total. The van der Waals surface area contributed by atoms with E-state index in [1.807, 2.05) is 5.43 Å². The highest BCUT2D eigenvalue weighted by Gasteiger charge is 2.35. The van der Waals surface area contributed by atoms with Crippen molar-refractivity contribution in [1.82, 2.24) is 5.43 Å². The van der Waals surface area contributed by atoms with Gasteiger partial charge in [0.25, 0.3) is 11.7 Å². The predicted octanol–water partition coefficient (Wildman–Crippen LogP) is -0.265. The quantitative estimate of drug-likeness (QED) is 0.335. The van der Waals surface area contributed by atoms with Gasteiger partial charge in [0.15, 0.2) is 0 Å². The number of nitrogens with two attached hydrogens (primary N) is 1. The van der Waals surface area contributed by atoms with E-state index in [2.05, 4.69) is 0 Å². The summed E-state index contributed by atoms with van der Waals surface area (Å²) in [7, 11) is 0. The second-order valence-corrected chi connectivity index (χ2v) is 3.76. The third-order valence-electron chi connectivity index (χ3n) is 2.66. The first-order valence-corrected chi connectivity index (χ1v) is 5.20. The van der Waals surface area contributed by atoms with E-state index in [1.54, 1.807) is 0 Å². The van der Waals surface area contributed by atoms with Crippen LogP contribution >= 0.6 is 0 Å². The number of carbonyl (C=O) groups excluding carboxylic acids is 3. The Kier molecular flexibility index (Phi) is 3.07. The van der Waals surface area contributed by atoms with Gasteiger partial charge in [-0.15, -0.1) is 0 Å². The molecule has 0 atom stereocenters. The molecule has 0 aromatic heterocycles. The lowest BCUT2D eigenvalue weighted by Crippen LogP contribution is -2.36. The van der Waals surface area contributed by atoms with Crippen LogP contribution in [0.3, 0.4) is 0 Å². The molecule has 0 fully saturated rings. The summed E-state index contributed by atoms with van der Waals surface area (Å²) in [5.74, 6) is 2.34. The molecule has 0 aliphatic carbocycles. The van der Waals surface area contributed by atoms with Crippen LogP contribution in [0.1, 0.15) is 16.8 Å². The van der Waals surface area contributed by atoms with E-state index in [0.717, 1.165) is 17.0 Å². The molecule has 0 bridgehead atoms. The van der Waals surface area contributed by atoms with Crippen molar-refractivity contribution >= 4 is 23.3 Å². The van der Waals surface area contributed by atoms with Crippen LogP contribution in [0.2, 0.25) is 0 Å². The van der Waals surface area contributed by atoms with E-state index < -0.39 is 23.4 Å². The highest BCUT2D eigenvalue weighted by atomic mass is 19.1. The number of benzene rings is 1. The van der Waals surface area contributed by atoms with Crippen molar-refractivity contribution in [3.05, 3.63) is 29.6 Å². The highest BCUT2D eigenvalue weighted by molar-refractivity contribution is 6.52. The number of rotatable bonds is 3. The number of hydrogen-bond acceptors (Lipinski definition) is 4. The molecule has 7 heteroatoms. The number of anilines is 1. The number of fused-ring (bicyclic) bond motifs is 1. The van der Waals surface area contributed by atoms with Gasteiger partial charge in [0, 0.05) is 13.0 Å². The van der Waals surface area contributed by atoms with E-state index in [1.165, 1.54) is 6.07 Å². The number of amides is 2. The number of halogens is 1. The van der Waals surface area contributed by atoms with Gasteiger partial charge in [0.2, 0.25) is 5.91 Å². The summed E-state index contributed by atoms with van der Waals surface area (Å²) in [6.45, 7) is 0.0201. The van der Waals surface area contributed by atoms with Crippen molar-refractivity contribution < 1.29 is 18.8 Å². The average Bonchev–Trinajstić information content (AvgIpc) is 2.60. The van der Waals surface area contributed by atoms with Gasteiger partial charge < -0.3 is 4.90 Å². The minimum atomic E-state index is -0.766. The second kappa shape index (κ2) is 4.53. The maximum absolute atomic E-state index is 13.0. The standard InChI is InChI=1S/C11H10FN3O3/c12-6-1-2-8-7(5-6)10(17)11(18)15(8)4-3-9(16)14-13/h1-2,5H,3-4,13H2,(H,14,16). The van der Waals surface area contributed by atoms with Crippen LogP contribution < -0.4 is 16.2 Å². The molecular weight excluding hydrogens is 241 g/mol. The molecule has 1 aliphatic heterocycles. The lowest BCUT2D eigenvalue weighted by Gasteiger charge is -2.15. The molecular formula is C11H10FN3O3. The first-order chi connectivity index (χ1) is 8.54. The Hall–Kier alpha value is -2.28. The Morgan fingerprint density at radius 3 is 2.78 bits per heavy atom. The zero-order valence-corrected chi connectivity index (χ0v) is 9.27. The van der Waals surface area contributed by atoms with Crippen LogP contribution in [-0.4, -0.2) is 24.1 Å². The van der Waals surface area contributed by atoms with Crippen molar-refractivity contribution in [3.63, 3.8) is 0 Å². The van der Waals surface area contributed by atoms with Crippen molar-refractivity contribution in [1.29, 1.82) is 0 Å². The monoisotopic (exact) mass is 251 g/mol. The SMILES string of the molecule is NNC(=O)CCN1C(=O)C(=O)c2cc(F)ccc21. The molecule has 0 unspecified atom stereocenters. The van der Waals surface area contributed by atoms with Crippen LogP contribution in [-0.2, 0) is 9.59 Å². The molecule has 0 saturated carbocycles. The van der Waals surface area contributed by atoms with Gasteiger partial charge in [-0.05, 0) is 18.2 Å². The molecule has 1 aromatic rings. The third kappa shape index (κ3) is 1.95. The Balaban J connectivity index is 2.26. The van der Waals surface area contributed by atoms with E-state index in [-0.39, 0.29) is 18.5 Å². The number of Topliss-reactive ketones (excluding diaryl/α,β-unsaturated/α-hetero) is 1. The van der Waals surface area contributed by atoms with Gasteiger partial charge in [-0.3, -0.25) is 19.8 Å². The van der Waals surface area contributed by atoms with Crippen LogP contribution in [0, 0.1) is 5.82 Å². The summed E-state index contributed by atoms with van der Waals surface area (Å²) in [5, 5.41) is 0. The normalized spacial score (nSPS) is 13.8. The maximum atomic E-state index is 13.0. The average molecular weight is 251 g/mol. The lowest BCUT2D eigenvalue weighted by atomic mass is 10.1. The second-order valence-electron chi connectivity index (χ2n) is 3.76. The molecule has 0 saturated heterocycles. The van der Waals surface area contributed by atoms with Gasteiger partial charge in [-0.2, -0.15) is 0 Å². The number of nitrogens with zero attached hydrogens (tertiary/aromatic N) is 1. The predicted molar refractivity (Wildman–Crippen MR) is 60.0 cm³/mol. The van der Waals surface area contributed by atoms with Crippen molar-refractivity contribution in [2.75, 3.05) is 11.4 Å². The summed E-state index contributed by atoms with van der Waals surface area (Å²) in [4.78, 5) is 35.4. The number of ketones is 1. The Morgan fingerprint density at radius 1 is 1.39 bits per heavy atom. The number of carbonyl (C=O) groups is 3. The first kappa shape index (κ1) is 12.2. The molecule has 1 heterocycles. The van der Waals surface area contributed by atoms with E-state index in [9.17, 15) is 18.8 Å². The van der Waals surface area contributed by atoms with E-state index >= 15 is 0 Å². The third-order valence-corrected chi connectivity index (χ3v) is 2.66. The summed E-state index contributed by atoms with van der Waals surface area (Å²) < 4.78 is 13.0. The number of hydrogen-bond donors (Lipinski definition) is 2. The smallest absolute Gasteiger partial charge is 0.299 e. The topological polar surface area (TPSA) is 92.5 Å². The molecule has 0 spiro atoms. The van der Waals surface area contributed by atoms with Crippen molar-refractivity contribution in [2.24, 2.45) is 5.84 Å². The van der Waals surface area contributed by atoms with Gasteiger partial charge in [-0.1, -0.05) is 0 Å². The Labute approximate surface area is 102 Å². The van der Waals surface area contributed by atoms with Crippen LogP contribution in [0.4, 0.5) is 10.1 Å². The van der Waals surface area contributed by atoms with E-state index in [0.29, 0.717) is 5.69 Å². The van der Waals surface area contributed by atoms with Crippen molar-refractivity contribution in [2.45, 2.75) is 6.42 Å². The zero-order valence-electron chi connectivity index (χ0n) is 9.27. The van der Waals surface area contributed by atoms with Gasteiger partial charge >= 0.3 is 0 Å². The minimum absolute atomic E-state index is 0.0201. The fraction of sp³-hybridized carbons (Fsp3) is 0.182. The summed E-state index contributed by atoms with van der Waals surface area (Å²) in [6, 6.07) is 3.51. The molecule has 2 amide bonds. The lowest BCUT2D eigenvalue weighted by molar-refractivity contribution is -0.121. The summed E-state index contributed by atoms with van der Waals surface area (Å²) in [6.07, 6.45) is -0.0354. The summed E-state index contributed by atoms with van der Waals surface area (Å²) >= 11 is 0. The van der Waals surface area contributed by atoms with Gasteiger partial charge in [0.1, 0.15) is 5.82 Å². The molecule has 94 valence electrons. The summed E-state index contributed by atoms with van der Waals surface area (Å²) in [5.41, 5.74) is 2.26. The van der Waals surface area contributed by atoms with Crippen molar-refractivity contribution in [3.8, 4) is 0 Å². The van der Waals surface area contributed by atoms with E-state index in [4.69, 9.17) is 5.84 Å². The Bertz CT molecular complexity index is 544. The molecule has 2 rings (SSSR count). The number of hydrazine groups is 1. The minimum Gasteiger partial charge on any atom is -0.304 e. The highest BCUT2D eigenvalue weighted by Crippen LogP contribution is 2.29. The van der Waals surface area contributed by atoms with Gasteiger partial charge in [-0.25, -0.2) is 10.2 Å². The Morgan fingerprint density at radius 2 is 2.11 bits per heavy atom. The van der Waals surface area contributed by atoms with Crippen LogP contribution in [0.25, 0.3) is 0 Å². The molecule has 3 N–H and O–H groups in total. The van der Waals surface area contributed by atoms with Gasteiger partial charge in [0.05, 0.1) is 11.3 Å². The zero-order chi connectivity index (χ0) is 13.3. The van der Waals surface area contributed by atoms with Crippen LogP contribution in [0.15, 0.2) is 18.2 Å². The molecule has 1 aliphatic rings. The molecule has 1 aromatic carbocycles. The molecule has 18 heavy (non-hydrogen) atoms. The fourth-order valence-corrected chi connectivity index (χ4v) is 1.78. The van der Waals surface area contributed by atoms with Crippen LogP contribution in [0.5, 0.6) is 0 Å². The number of nitrogens with one attached hydrogen (secondary N) is 1. The fourth-order valence-electron chi connectivity index (χ4n) is 1.78. The maximum Gasteiger partial charge on any atom is 0.299 e. The first-order valence-electron chi connectivity index (χ1n) is 5.20. The largest absolute Gasteiger partial charge is 0.304 e. The molecule has 0 radical (unpaired) electrons.